The van der Waals surface area contributed by atoms with Crippen molar-refractivity contribution in [2.24, 2.45) is 0 Å². The first-order valence-electron chi connectivity index (χ1n) is 7.19. The number of amides is 1. The zero-order valence-electron chi connectivity index (χ0n) is 12.8. The Bertz CT molecular complexity index is 693. The van der Waals surface area contributed by atoms with E-state index in [9.17, 15) is 15.0 Å². The van der Waals surface area contributed by atoms with Crippen molar-refractivity contribution in [3.05, 3.63) is 59.7 Å². The summed E-state index contributed by atoms with van der Waals surface area (Å²) in [5.41, 5.74) is 1.74. The Balaban J connectivity index is 1.79. The first-order chi connectivity index (χ1) is 11.1. The van der Waals surface area contributed by atoms with E-state index in [1.165, 1.54) is 18.2 Å². The highest BCUT2D eigenvalue weighted by Gasteiger charge is 2.01. The van der Waals surface area contributed by atoms with E-state index in [2.05, 4.69) is 5.32 Å². The molecule has 0 aromatic heterocycles. The van der Waals surface area contributed by atoms with Crippen LogP contribution in [0, 0.1) is 0 Å². The van der Waals surface area contributed by atoms with E-state index in [-0.39, 0.29) is 17.4 Å². The fourth-order valence-electron chi connectivity index (χ4n) is 2.00. The lowest BCUT2D eigenvalue weighted by Gasteiger charge is -2.04. The lowest BCUT2D eigenvalue weighted by atomic mass is 10.1. The Hall–Kier alpha value is -2.95. The van der Waals surface area contributed by atoms with Gasteiger partial charge in [0.15, 0.2) is 11.5 Å². The van der Waals surface area contributed by atoms with E-state index < -0.39 is 0 Å². The van der Waals surface area contributed by atoms with Crippen LogP contribution >= 0.6 is 0 Å². The van der Waals surface area contributed by atoms with E-state index in [0.29, 0.717) is 13.0 Å². The second-order valence-electron chi connectivity index (χ2n) is 4.97. The number of phenols is 2. The van der Waals surface area contributed by atoms with Crippen LogP contribution in [-0.2, 0) is 11.2 Å². The molecule has 0 atom stereocenters. The average molecular weight is 313 g/mol. The molecule has 0 heterocycles. The van der Waals surface area contributed by atoms with Gasteiger partial charge in [-0.15, -0.1) is 0 Å². The third-order valence-electron chi connectivity index (χ3n) is 3.30. The summed E-state index contributed by atoms with van der Waals surface area (Å²) in [6, 6.07) is 12.0. The summed E-state index contributed by atoms with van der Waals surface area (Å²) in [5.74, 6) is 0.265. The molecular weight excluding hydrogens is 294 g/mol. The number of benzene rings is 2. The molecule has 0 fully saturated rings. The van der Waals surface area contributed by atoms with Crippen LogP contribution in [0.3, 0.4) is 0 Å². The van der Waals surface area contributed by atoms with E-state index in [1.807, 2.05) is 24.3 Å². The van der Waals surface area contributed by atoms with Gasteiger partial charge in [-0.1, -0.05) is 18.2 Å². The summed E-state index contributed by atoms with van der Waals surface area (Å²) >= 11 is 0. The van der Waals surface area contributed by atoms with Crippen molar-refractivity contribution in [2.75, 3.05) is 13.7 Å². The SMILES string of the molecule is COc1ccc(/C=C/C(=O)NCCc2ccc(O)c(O)c2)cc1. The third-order valence-corrected chi connectivity index (χ3v) is 3.30. The molecule has 0 aliphatic carbocycles. The largest absolute Gasteiger partial charge is 0.504 e. The van der Waals surface area contributed by atoms with Gasteiger partial charge in [0.05, 0.1) is 7.11 Å². The van der Waals surface area contributed by atoms with Crippen molar-refractivity contribution >= 4 is 12.0 Å². The molecule has 2 aromatic rings. The molecule has 0 spiro atoms. The molecule has 2 rings (SSSR count). The predicted octanol–water partition coefficient (Wildman–Crippen LogP) is 2.48. The standard InChI is InChI=1S/C18H19NO4/c1-23-15-6-2-13(3-7-15)5-9-18(22)19-11-10-14-4-8-16(20)17(21)12-14/h2-9,12,20-21H,10-11H2,1H3,(H,19,22)/b9-5+. The Morgan fingerprint density at radius 3 is 2.52 bits per heavy atom. The third kappa shape index (κ3) is 5.07. The summed E-state index contributed by atoms with van der Waals surface area (Å²) in [6.45, 7) is 0.440. The van der Waals surface area contributed by atoms with Crippen molar-refractivity contribution in [3.63, 3.8) is 0 Å². The molecule has 5 heteroatoms. The zero-order valence-corrected chi connectivity index (χ0v) is 12.8. The van der Waals surface area contributed by atoms with Gasteiger partial charge in [0.2, 0.25) is 5.91 Å². The smallest absolute Gasteiger partial charge is 0.244 e. The maximum absolute atomic E-state index is 11.7. The maximum Gasteiger partial charge on any atom is 0.244 e. The van der Waals surface area contributed by atoms with Gasteiger partial charge in [0, 0.05) is 12.6 Å². The first-order valence-corrected chi connectivity index (χ1v) is 7.19. The molecule has 1 amide bonds. The number of aromatic hydroxyl groups is 2. The van der Waals surface area contributed by atoms with E-state index >= 15 is 0 Å². The number of hydrogen-bond donors (Lipinski definition) is 3. The molecule has 0 saturated heterocycles. The molecule has 0 radical (unpaired) electrons. The highest BCUT2D eigenvalue weighted by atomic mass is 16.5. The van der Waals surface area contributed by atoms with Crippen LogP contribution < -0.4 is 10.1 Å². The quantitative estimate of drug-likeness (QED) is 0.565. The van der Waals surface area contributed by atoms with Crippen LogP contribution in [0.4, 0.5) is 0 Å². The average Bonchev–Trinajstić information content (AvgIpc) is 2.56. The maximum atomic E-state index is 11.7. The van der Waals surface area contributed by atoms with Crippen molar-refractivity contribution in [2.45, 2.75) is 6.42 Å². The van der Waals surface area contributed by atoms with Crippen molar-refractivity contribution in [3.8, 4) is 17.2 Å². The summed E-state index contributed by atoms with van der Waals surface area (Å²) in [7, 11) is 1.60. The van der Waals surface area contributed by atoms with Gasteiger partial charge in [-0.3, -0.25) is 4.79 Å². The van der Waals surface area contributed by atoms with E-state index in [4.69, 9.17) is 4.74 Å². The summed E-state index contributed by atoms with van der Waals surface area (Å²) in [4.78, 5) is 11.7. The number of rotatable bonds is 6. The van der Waals surface area contributed by atoms with Crippen molar-refractivity contribution < 1.29 is 19.7 Å². The molecule has 0 saturated carbocycles. The van der Waals surface area contributed by atoms with Crippen LogP contribution in [0.15, 0.2) is 48.5 Å². The highest BCUT2D eigenvalue weighted by molar-refractivity contribution is 5.91. The second-order valence-corrected chi connectivity index (χ2v) is 4.97. The molecule has 3 N–H and O–H groups in total. The predicted molar refractivity (Wildman–Crippen MR) is 88.5 cm³/mol. The minimum absolute atomic E-state index is 0.153. The molecule has 23 heavy (non-hydrogen) atoms. The van der Waals surface area contributed by atoms with Gasteiger partial charge in [0.1, 0.15) is 5.75 Å². The van der Waals surface area contributed by atoms with Gasteiger partial charge < -0.3 is 20.3 Å². The van der Waals surface area contributed by atoms with E-state index in [1.54, 1.807) is 19.3 Å². The fourth-order valence-corrected chi connectivity index (χ4v) is 2.00. The number of phenolic OH excluding ortho intramolecular Hbond substituents is 2. The molecule has 5 nitrogen and oxygen atoms in total. The number of hydrogen-bond acceptors (Lipinski definition) is 4. The minimum Gasteiger partial charge on any atom is -0.504 e. The van der Waals surface area contributed by atoms with Crippen LogP contribution in [0.5, 0.6) is 17.2 Å². The summed E-state index contributed by atoms with van der Waals surface area (Å²) in [5, 5.41) is 21.4. The molecule has 0 bridgehead atoms. The number of ether oxygens (including phenoxy) is 1. The highest BCUT2D eigenvalue weighted by Crippen LogP contribution is 2.24. The Labute approximate surface area is 134 Å². The van der Waals surface area contributed by atoms with Crippen molar-refractivity contribution in [1.29, 1.82) is 0 Å². The van der Waals surface area contributed by atoms with Crippen molar-refractivity contribution in [1.82, 2.24) is 5.32 Å². The van der Waals surface area contributed by atoms with Crippen LogP contribution in [0.2, 0.25) is 0 Å². The molecule has 2 aromatic carbocycles. The molecular formula is C18H19NO4. The van der Waals surface area contributed by atoms with Gasteiger partial charge in [0.25, 0.3) is 0 Å². The number of carbonyl (C=O) groups excluding carboxylic acids is 1. The Morgan fingerprint density at radius 2 is 1.87 bits per heavy atom. The van der Waals surface area contributed by atoms with Crippen LogP contribution in [0.25, 0.3) is 6.08 Å². The summed E-state index contributed by atoms with van der Waals surface area (Å²) < 4.78 is 5.07. The number of methoxy groups -OCH3 is 1. The second kappa shape index (κ2) is 7.89. The molecule has 120 valence electrons. The summed E-state index contributed by atoms with van der Waals surface area (Å²) in [6.07, 6.45) is 3.76. The molecule has 0 aliphatic heterocycles. The van der Waals surface area contributed by atoms with Gasteiger partial charge >= 0.3 is 0 Å². The first kappa shape index (κ1) is 16.4. The van der Waals surface area contributed by atoms with Crippen LogP contribution in [-0.4, -0.2) is 29.8 Å². The topological polar surface area (TPSA) is 78.8 Å². The normalized spacial score (nSPS) is 10.7. The Kier molecular flexibility index (Phi) is 5.63. The molecule has 0 unspecified atom stereocenters. The van der Waals surface area contributed by atoms with Gasteiger partial charge in [-0.25, -0.2) is 0 Å². The van der Waals surface area contributed by atoms with E-state index in [0.717, 1.165) is 16.9 Å². The number of carbonyl (C=O) groups is 1. The van der Waals surface area contributed by atoms with Crippen LogP contribution in [0.1, 0.15) is 11.1 Å². The molecule has 0 aliphatic rings. The van der Waals surface area contributed by atoms with Gasteiger partial charge in [-0.05, 0) is 47.9 Å². The zero-order chi connectivity index (χ0) is 16.7. The lowest BCUT2D eigenvalue weighted by molar-refractivity contribution is -0.116. The minimum atomic E-state index is -0.191. The van der Waals surface area contributed by atoms with Gasteiger partial charge in [-0.2, -0.15) is 0 Å². The lowest BCUT2D eigenvalue weighted by Crippen LogP contribution is -2.23. The monoisotopic (exact) mass is 313 g/mol. The number of nitrogens with one attached hydrogen (secondary N) is 1. The Morgan fingerprint density at radius 1 is 1.13 bits per heavy atom. The fraction of sp³-hybridized carbons (Fsp3) is 0.167.